The number of rotatable bonds is 7. The molecule has 0 fully saturated rings. The Balaban J connectivity index is 1.56. The molecule has 0 radical (unpaired) electrons. The zero-order valence-corrected chi connectivity index (χ0v) is 14.8. The van der Waals surface area contributed by atoms with Gasteiger partial charge < -0.3 is 14.4 Å². The van der Waals surface area contributed by atoms with Crippen molar-refractivity contribution in [3.05, 3.63) is 46.2 Å². The molecule has 0 bridgehead atoms. The van der Waals surface area contributed by atoms with Gasteiger partial charge in [-0.2, -0.15) is 0 Å². The number of amides is 1. The van der Waals surface area contributed by atoms with Crippen LogP contribution >= 0.6 is 11.3 Å². The molecule has 2 aromatic rings. The van der Waals surface area contributed by atoms with Gasteiger partial charge in [-0.15, -0.1) is 11.3 Å². The summed E-state index contributed by atoms with van der Waals surface area (Å²) >= 11 is 1.67. The second-order valence-electron chi connectivity index (χ2n) is 5.82. The Morgan fingerprint density at radius 2 is 2.04 bits per heavy atom. The van der Waals surface area contributed by atoms with Crippen LogP contribution in [0, 0.1) is 0 Å². The van der Waals surface area contributed by atoms with Gasteiger partial charge in [0.1, 0.15) is 0 Å². The van der Waals surface area contributed by atoms with Gasteiger partial charge in [0.25, 0.3) is 0 Å². The third-order valence-corrected chi connectivity index (χ3v) is 4.91. The predicted molar refractivity (Wildman–Crippen MR) is 94.3 cm³/mol. The summed E-state index contributed by atoms with van der Waals surface area (Å²) in [7, 11) is 1.86. The summed E-state index contributed by atoms with van der Waals surface area (Å²) in [5.74, 6) is 1.70. The fraction of sp³-hybridized carbons (Fsp3) is 0.389. The standard InChI is InChI=1S/C18H22N2O3S/c1-3-20(10-14-6-7-16-17(9-14)23-13-22-16)12-18(21)19(2)11-15-5-4-8-24-15/h4-9H,3,10-13H2,1-2H3. The molecule has 24 heavy (non-hydrogen) atoms. The lowest BCUT2D eigenvalue weighted by molar-refractivity contribution is -0.131. The number of ether oxygens (including phenoxy) is 2. The molecule has 1 aliphatic rings. The lowest BCUT2D eigenvalue weighted by atomic mass is 10.2. The van der Waals surface area contributed by atoms with E-state index in [4.69, 9.17) is 9.47 Å². The molecule has 1 aromatic heterocycles. The quantitative estimate of drug-likeness (QED) is 0.773. The smallest absolute Gasteiger partial charge is 0.236 e. The molecule has 1 aliphatic heterocycles. The van der Waals surface area contributed by atoms with Crippen LogP contribution in [0.4, 0.5) is 0 Å². The normalized spacial score (nSPS) is 12.6. The SMILES string of the molecule is CCN(CC(=O)N(C)Cc1cccs1)Cc1ccc2c(c1)OCO2. The first-order valence-electron chi connectivity index (χ1n) is 8.03. The Labute approximate surface area is 146 Å². The molecule has 6 heteroatoms. The molecule has 0 N–H and O–H groups in total. The zero-order valence-electron chi connectivity index (χ0n) is 14.0. The van der Waals surface area contributed by atoms with E-state index in [0.717, 1.165) is 23.6 Å². The number of nitrogens with zero attached hydrogens (tertiary/aromatic N) is 2. The number of hydrogen-bond donors (Lipinski definition) is 0. The van der Waals surface area contributed by atoms with Crippen LogP contribution in [-0.4, -0.2) is 42.6 Å². The first-order valence-corrected chi connectivity index (χ1v) is 8.91. The van der Waals surface area contributed by atoms with Gasteiger partial charge >= 0.3 is 0 Å². The molecule has 1 aromatic carbocycles. The summed E-state index contributed by atoms with van der Waals surface area (Å²) in [6.45, 7) is 4.95. The molecule has 2 heterocycles. The van der Waals surface area contributed by atoms with E-state index in [0.29, 0.717) is 19.6 Å². The number of likely N-dealkylation sites (N-methyl/N-ethyl adjacent to an activating group) is 2. The molecular formula is C18H22N2O3S. The monoisotopic (exact) mass is 346 g/mol. The highest BCUT2D eigenvalue weighted by atomic mass is 32.1. The molecule has 0 aliphatic carbocycles. The minimum atomic E-state index is 0.131. The highest BCUT2D eigenvalue weighted by molar-refractivity contribution is 7.09. The van der Waals surface area contributed by atoms with E-state index in [1.807, 2.05) is 36.7 Å². The third kappa shape index (κ3) is 4.07. The fourth-order valence-corrected chi connectivity index (χ4v) is 3.37. The second kappa shape index (κ2) is 7.68. The van der Waals surface area contributed by atoms with E-state index < -0.39 is 0 Å². The van der Waals surface area contributed by atoms with Crippen LogP contribution in [0.25, 0.3) is 0 Å². The van der Waals surface area contributed by atoms with E-state index in [1.165, 1.54) is 4.88 Å². The largest absolute Gasteiger partial charge is 0.454 e. The van der Waals surface area contributed by atoms with Gasteiger partial charge in [-0.05, 0) is 35.7 Å². The average molecular weight is 346 g/mol. The second-order valence-corrected chi connectivity index (χ2v) is 6.85. The van der Waals surface area contributed by atoms with E-state index in [1.54, 1.807) is 16.2 Å². The van der Waals surface area contributed by atoms with Gasteiger partial charge in [0.05, 0.1) is 13.1 Å². The highest BCUT2D eigenvalue weighted by Crippen LogP contribution is 2.32. The number of carbonyl (C=O) groups is 1. The van der Waals surface area contributed by atoms with Gasteiger partial charge in [0.2, 0.25) is 12.7 Å². The zero-order chi connectivity index (χ0) is 16.9. The number of fused-ring (bicyclic) bond motifs is 1. The van der Waals surface area contributed by atoms with Crippen LogP contribution < -0.4 is 9.47 Å². The summed E-state index contributed by atoms with van der Waals surface area (Å²) < 4.78 is 10.8. The summed E-state index contributed by atoms with van der Waals surface area (Å²) in [4.78, 5) is 17.6. The van der Waals surface area contributed by atoms with Gasteiger partial charge in [0.15, 0.2) is 11.5 Å². The molecule has 0 saturated heterocycles. The van der Waals surface area contributed by atoms with Crippen molar-refractivity contribution in [2.24, 2.45) is 0 Å². The van der Waals surface area contributed by atoms with Gasteiger partial charge in [0, 0.05) is 18.5 Å². The maximum Gasteiger partial charge on any atom is 0.236 e. The number of benzene rings is 1. The van der Waals surface area contributed by atoms with Crippen molar-refractivity contribution in [2.75, 3.05) is 26.9 Å². The van der Waals surface area contributed by atoms with E-state index in [-0.39, 0.29) is 12.7 Å². The Kier molecular flexibility index (Phi) is 5.37. The van der Waals surface area contributed by atoms with E-state index >= 15 is 0 Å². The molecule has 5 nitrogen and oxygen atoms in total. The maximum atomic E-state index is 12.5. The molecule has 1 amide bonds. The number of hydrogen-bond acceptors (Lipinski definition) is 5. The lowest BCUT2D eigenvalue weighted by Crippen LogP contribution is -2.37. The highest BCUT2D eigenvalue weighted by Gasteiger charge is 2.17. The van der Waals surface area contributed by atoms with Crippen molar-refractivity contribution >= 4 is 17.2 Å². The van der Waals surface area contributed by atoms with Crippen LogP contribution in [-0.2, 0) is 17.9 Å². The van der Waals surface area contributed by atoms with Gasteiger partial charge in [-0.1, -0.05) is 19.1 Å². The topological polar surface area (TPSA) is 42.0 Å². The van der Waals surface area contributed by atoms with Crippen molar-refractivity contribution < 1.29 is 14.3 Å². The van der Waals surface area contributed by atoms with Gasteiger partial charge in [-0.3, -0.25) is 9.69 Å². The van der Waals surface area contributed by atoms with Crippen LogP contribution in [0.1, 0.15) is 17.4 Å². The van der Waals surface area contributed by atoms with Crippen molar-refractivity contribution in [1.29, 1.82) is 0 Å². The van der Waals surface area contributed by atoms with E-state index in [2.05, 4.69) is 17.9 Å². The third-order valence-electron chi connectivity index (χ3n) is 4.05. The Morgan fingerprint density at radius 3 is 2.79 bits per heavy atom. The van der Waals surface area contributed by atoms with Crippen LogP contribution in [0.2, 0.25) is 0 Å². The van der Waals surface area contributed by atoms with Crippen molar-refractivity contribution in [3.63, 3.8) is 0 Å². The predicted octanol–water partition coefficient (Wildman–Crippen LogP) is 2.96. The number of carbonyl (C=O) groups excluding carboxylic acids is 1. The minimum absolute atomic E-state index is 0.131. The average Bonchev–Trinajstić information content (AvgIpc) is 3.24. The first-order chi connectivity index (χ1) is 11.7. The summed E-state index contributed by atoms with van der Waals surface area (Å²) in [5.41, 5.74) is 1.12. The summed E-state index contributed by atoms with van der Waals surface area (Å²) in [6.07, 6.45) is 0. The van der Waals surface area contributed by atoms with Crippen LogP contribution in [0.15, 0.2) is 35.7 Å². The molecule has 128 valence electrons. The summed E-state index contributed by atoms with van der Waals surface area (Å²) in [6, 6.07) is 10.0. The van der Waals surface area contributed by atoms with Crippen molar-refractivity contribution in [3.8, 4) is 11.5 Å². The molecule has 3 rings (SSSR count). The summed E-state index contributed by atoms with van der Waals surface area (Å²) in [5, 5.41) is 2.03. The van der Waals surface area contributed by atoms with Gasteiger partial charge in [-0.25, -0.2) is 0 Å². The Morgan fingerprint density at radius 1 is 1.21 bits per heavy atom. The first kappa shape index (κ1) is 16.8. The Bertz CT molecular complexity index is 688. The molecular weight excluding hydrogens is 324 g/mol. The lowest BCUT2D eigenvalue weighted by Gasteiger charge is -2.24. The molecule has 0 saturated carbocycles. The molecule has 0 unspecified atom stereocenters. The van der Waals surface area contributed by atoms with Crippen LogP contribution in [0.5, 0.6) is 11.5 Å². The van der Waals surface area contributed by atoms with Crippen molar-refractivity contribution in [2.45, 2.75) is 20.0 Å². The fourth-order valence-electron chi connectivity index (χ4n) is 2.61. The number of thiophene rings is 1. The Hall–Kier alpha value is -2.05. The van der Waals surface area contributed by atoms with Crippen LogP contribution in [0.3, 0.4) is 0 Å². The molecule has 0 spiro atoms. The van der Waals surface area contributed by atoms with Crippen molar-refractivity contribution in [1.82, 2.24) is 9.80 Å². The van der Waals surface area contributed by atoms with E-state index in [9.17, 15) is 4.79 Å². The minimum Gasteiger partial charge on any atom is -0.454 e. The maximum absolute atomic E-state index is 12.5. The molecule has 0 atom stereocenters.